The van der Waals surface area contributed by atoms with Gasteiger partial charge in [0.1, 0.15) is 5.75 Å². The summed E-state index contributed by atoms with van der Waals surface area (Å²) in [5, 5.41) is 23.6. The van der Waals surface area contributed by atoms with Gasteiger partial charge in [0, 0.05) is 39.4 Å². The Morgan fingerprint density at radius 3 is 2.38 bits per heavy atom. The van der Waals surface area contributed by atoms with E-state index in [0.717, 1.165) is 11.3 Å². The molecule has 0 aliphatic rings. The van der Waals surface area contributed by atoms with E-state index in [2.05, 4.69) is 25.3 Å². The number of anilines is 2. The maximum atomic E-state index is 12.6. The van der Waals surface area contributed by atoms with Crippen LogP contribution in [-0.4, -0.2) is 99.8 Å². The van der Waals surface area contributed by atoms with Gasteiger partial charge in [0.2, 0.25) is 11.9 Å². The molecule has 2 amide bonds. The van der Waals surface area contributed by atoms with Crippen LogP contribution in [0.15, 0.2) is 36.4 Å². The predicted octanol–water partition coefficient (Wildman–Crippen LogP) is 2.97. The van der Waals surface area contributed by atoms with Gasteiger partial charge in [0.25, 0.3) is 5.91 Å². The van der Waals surface area contributed by atoms with Crippen LogP contribution in [0.3, 0.4) is 0 Å². The number of hydrogen-bond donors (Lipinski definition) is 4. The number of aliphatic hydroxyl groups excluding tert-OH is 2. The third-order valence-electron chi connectivity index (χ3n) is 5.94. The van der Waals surface area contributed by atoms with E-state index < -0.39 is 43.5 Å². The summed E-state index contributed by atoms with van der Waals surface area (Å²) in [4.78, 5) is 45.2. The van der Waals surface area contributed by atoms with Crippen LogP contribution >= 0.6 is 11.3 Å². The first-order chi connectivity index (χ1) is 21.2. The fraction of sp³-hybridized carbons (Fsp3) is 0.370. The Balaban J connectivity index is 0.000000535. The average molecular weight is 655 g/mol. The first-order valence-corrected chi connectivity index (χ1v) is 14.0. The van der Waals surface area contributed by atoms with Crippen molar-refractivity contribution >= 4 is 61.5 Å². The van der Waals surface area contributed by atoms with Gasteiger partial charge < -0.3 is 45.5 Å². The third kappa shape index (κ3) is 9.24. The normalized spacial score (nSPS) is 12.6. The van der Waals surface area contributed by atoms with E-state index in [1.165, 1.54) is 29.2 Å². The molecule has 0 aliphatic heterocycles. The number of esters is 1. The molecule has 0 saturated heterocycles. The number of alkyl halides is 3. The fourth-order valence-corrected chi connectivity index (χ4v) is 4.65. The van der Waals surface area contributed by atoms with Crippen molar-refractivity contribution in [3.63, 3.8) is 0 Å². The van der Waals surface area contributed by atoms with Crippen molar-refractivity contribution in [3.05, 3.63) is 47.7 Å². The molecule has 5 N–H and O–H groups in total. The van der Waals surface area contributed by atoms with Crippen molar-refractivity contribution in [2.45, 2.75) is 25.4 Å². The average Bonchev–Trinajstić information content (AvgIpc) is 3.53. The molecule has 0 aliphatic carbocycles. The minimum Gasteiger partial charge on any atom is -0.665 e. The zero-order valence-corrected chi connectivity index (χ0v) is 25.3. The minimum atomic E-state index is -4.79. The summed E-state index contributed by atoms with van der Waals surface area (Å²) in [7, 11) is 4.85. The number of halogens is 3. The van der Waals surface area contributed by atoms with E-state index in [9.17, 15) is 32.7 Å². The molecule has 2 atom stereocenters. The number of thiazole rings is 1. The molecule has 45 heavy (non-hydrogen) atoms. The second-order valence-corrected chi connectivity index (χ2v) is 10.5. The number of ether oxygens (including phenoxy) is 2. The monoisotopic (exact) mass is 654 g/mol. The number of hydrogen-bond acceptors (Lipinski definition) is 11. The number of aromatic nitrogens is 3. The topological polar surface area (TPSA) is 192 Å². The van der Waals surface area contributed by atoms with Crippen LogP contribution in [0.1, 0.15) is 17.3 Å². The maximum absolute atomic E-state index is 12.6. The maximum Gasteiger partial charge on any atom is 0.573 e. The van der Waals surface area contributed by atoms with Crippen molar-refractivity contribution in [1.29, 1.82) is 0 Å². The van der Waals surface area contributed by atoms with Gasteiger partial charge in [-0.1, -0.05) is 11.3 Å². The standard InChI is InChI=1S/C22H20F3N5O5S.C5H11N2O2/c1-3-34-19(33)15(10-31)26-18(32)11-4-7-16-14(8-11)27-20(30(16)2)29-21-28-13-6-5-12(9-17(13)36-21)35-22(23,24)25;1-7(2)5(9)4(6)3-8/h4-9,15,31H,3,10H2,1-2H3,(H,26,32)(H,27,28,29);4,6,8H,3H2,1-2H3/q;-1/t15-;4-/m00/s1. The summed E-state index contributed by atoms with van der Waals surface area (Å²) in [5.74, 6) is -1.66. The molecule has 2 heterocycles. The van der Waals surface area contributed by atoms with Crippen LogP contribution in [0.25, 0.3) is 27.0 Å². The third-order valence-corrected chi connectivity index (χ3v) is 6.87. The van der Waals surface area contributed by atoms with Crippen LogP contribution in [-0.2, 0) is 21.4 Å². The smallest absolute Gasteiger partial charge is 0.573 e. The highest BCUT2D eigenvalue weighted by atomic mass is 32.1. The van der Waals surface area contributed by atoms with Crippen molar-refractivity contribution < 1.29 is 47.2 Å². The van der Waals surface area contributed by atoms with Gasteiger partial charge in [-0.2, -0.15) is 0 Å². The highest BCUT2D eigenvalue weighted by Crippen LogP contribution is 2.33. The van der Waals surface area contributed by atoms with Crippen LogP contribution in [0.5, 0.6) is 5.75 Å². The van der Waals surface area contributed by atoms with Crippen LogP contribution in [0.2, 0.25) is 0 Å². The molecule has 0 unspecified atom stereocenters. The molecule has 4 aromatic rings. The molecular weight excluding hydrogens is 623 g/mol. The Labute approximate surface area is 258 Å². The lowest BCUT2D eigenvalue weighted by atomic mass is 10.1. The van der Waals surface area contributed by atoms with Crippen molar-refractivity contribution in [1.82, 2.24) is 24.8 Å². The largest absolute Gasteiger partial charge is 0.665 e. The molecule has 2 aromatic carbocycles. The van der Waals surface area contributed by atoms with Crippen LogP contribution in [0.4, 0.5) is 24.3 Å². The van der Waals surface area contributed by atoms with Crippen LogP contribution in [0, 0.1) is 0 Å². The summed E-state index contributed by atoms with van der Waals surface area (Å²) in [6.45, 7) is 0.703. The first-order valence-electron chi connectivity index (χ1n) is 13.2. The molecule has 0 spiro atoms. The number of nitrogens with zero attached hydrogens (tertiary/aromatic N) is 4. The van der Waals surface area contributed by atoms with Gasteiger partial charge >= 0.3 is 12.3 Å². The highest BCUT2D eigenvalue weighted by molar-refractivity contribution is 7.22. The summed E-state index contributed by atoms with van der Waals surface area (Å²) in [5.41, 5.74) is 8.76. The Kier molecular flexibility index (Phi) is 11.6. The molecule has 244 valence electrons. The number of carbonyl (C=O) groups excluding carboxylic acids is 3. The molecule has 18 heteroatoms. The number of rotatable bonds is 10. The second-order valence-electron chi connectivity index (χ2n) is 9.45. The van der Waals surface area contributed by atoms with E-state index in [4.69, 9.17) is 15.6 Å². The minimum absolute atomic E-state index is 0.109. The Morgan fingerprint density at radius 2 is 1.80 bits per heavy atom. The number of nitrogens with one attached hydrogen (secondary N) is 3. The molecular formula is C27H31F3N7O7S-. The lowest BCUT2D eigenvalue weighted by Gasteiger charge is -2.20. The lowest BCUT2D eigenvalue weighted by Crippen LogP contribution is -2.44. The first kappa shape index (κ1) is 35.0. The summed E-state index contributed by atoms with van der Waals surface area (Å²) < 4.78 is 48.5. The molecule has 0 bridgehead atoms. The van der Waals surface area contributed by atoms with Crippen molar-refractivity contribution in [3.8, 4) is 5.75 Å². The van der Waals surface area contributed by atoms with Crippen molar-refractivity contribution in [2.24, 2.45) is 7.05 Å². The Morgan fingerprint density at radius 1 is 1.09 bits per heavy atom. The number of amides is 2. The SMILES string of the molecule is CCOC(=O)[C@H](CO)NC(=O)c1ccc2c(c1)nc(Nc1nc3ccc(OC(F)(F)F)cc3s1)n2C.CN(C)C(=O)[C@@H]([NH-])CO. The second kappa shape index (κ2) is 15.0. The highest BCUT2D eigenvalue weighted by Gasteiger charge is 2.31. The Bertz CT molecular complexity index is 1660. The molecule has 2 aromatic heterocycles. The summed E-state index contributed by atoms with van der Waals surface area (Å²) in [6.07, 6.45) is -4.79. The molecule has 0 fully saturated rings. The predicted molar refractivity (Wildman–Crippen MR) is 159 cm³/mol. The molecule has 14 nitrogen and oxygen atoms in total. The van der Waals surface area contributed by atoms with Gasteiger partial charge in [-0.25, -0.2) is 14.8 Å². The number of likely N-dealkylation sites (N-methyl/N-ethyl adjacent to an activating group) is 1. The number of carbonyl (C=O) groups is 3. The zero-order chi connectivity index (χ0) is 33.5. The van der Waals surface area contributed by atoms with Gasteiger partial charge in [-0.05, 0) is 43.3 Å². The molecule has 4 rings (SSSR count). The van der Waals surface area contributed by atoms with E-state index in [0.29, 0.717) is 32.3 Å². The Hall–Kier alpha value is -4.52. The number of benzene rings is 2. The number of fused-ring (bicyclic) bond motifs is 2. The van der Waals surface area contributed by atoms with E-state index >= 15 is 0 Å². The molecule has 0 saturated carbocycles. The zero-order valence-electron chi connectivity index (χ0n) is 24.5. The molecule has 0 radical (unpaired) electrons. The number of imidazole rings is 1. The van der Waals surface area contributed by atoms with Crippen molar-refractivity contribution in [2.75, 3.05) is 39.2 Å². The summed E-state index contributed by atoms with van der Waals surface area (Å²) >= 11 is 1.12. The van der Waals surface area contributed by atoms with Gasteiger partial charge in [-0.15, -0.1) is 13.2 Å². The fourth-order valence-electron chi connectivity index (χ4n) is 3.76. The van der Waals surface area contributed by atoms with E-state index in [1.807, 2.05) is 0 Å². The summed E-state index contributed by atoms with van der Waals surface area (Å²) in [6, 6.07) is 6.38. The lowest BCUT2D eigenvalue weighted by molar-refractivity contribution is -0.274. The van der Waals surface area contributed by atoms with E-state index in [1.54, 1.807) is 44.8 Å². The van der Waals surface area contributed by atoms with Gasteiger partial charge in [-0.3, -0.25) is 9.59 Å². The number of aryl methyl sites for hydroxylation is 1. The quantitative estimate of drug-likeness (QED) is 0.185. The van der Waals surface area contributed by atoms with E-state index in [-0.39, 0.29) is 23.8 Å². The van der Waals surface area contributed by atoms with Crippen LogP contribution < -0.4 is 15.4 Å². The van der Waals surface area contributed by atoms with Gasteiger partial charge in [0.05, 0.1) is 34.5 Å². The van der Waals surface area contributed by atoms with Gasteiger partial charge in [0.15, 0.2) is 11.2 Å². The number of aliphatic hydroxyl groups is 2.